The van der Waals surface area contributed by atoms with Gasteiger partial charge in [0, 0.05) is 5.02 Å². The zero-order valence-electron chi connectivity index (χ0n) is 14.1. The van der Waals surface area contributed by atoms with E-state index in [1.165, 1.54) is 11.1 Å². The summed E-state index contributed by atoms with van der Waals surface area (Å²) in [6, 6.07) is 4.14. The van der Waals surface area contributed by atoms with Crippen LogP contribution in [0.1, 0.15) is 76.8 Å². The van der Waals surface area contributed by atoms with Crippen LogP contribution in [0, 0.1) is 0 Å². The van der Waals surface area contributed by atoms with Gasteiger partial charge in [0.05, 0.1) is 6.61 Å². The predicted molar refractivity (Wildman–Crippen MR) is 93.8 cm³/mol. The van der Waals surface area contributed by atoms with Crippen LogP contribution >= 0.6 is 11.6 Å². The van der Waals surface area contributed by atoms with Crippen molar-refractivity contribution in [2.24, 2.45) is 0 Å². The van der Waals surface area contributed by atoms with Gasteiger partial charge in [0.25, 0.3) is 0 Å². The van der Waals surface area contributed by atoms with E-state index in [1.54, 1.807) is 0 Å². The predicted octanol–water partition coefficient (Wildman–Crippen LogP) is 6.71. The Labute approximate surface area is 135 Å². The molecule has 1 aromatic rings. The van der Waals surface area contributed by atoms with Crippen molar-refractivity contribution in [1.82, 2.24) is 0 Å². The van der Waals surface area contributed by atoms with Gasteiger partial charge in [-0.15, -0.1) is 0 Å². The molecule has 1 atom stereocenters. The number of halogens is 1. The molecular weight excluding hydrogens is 280 g/mol. The van der Waals surface area contributed by atoms with Crippen LogP contribution in [-0.4, -0.2) is 6.61 Å². The van der Waals surface area contributed by atoms with E-state index >= 15 is 0 Å². The summed E-state index contributed by atoms with van der Waals surface area (Å²) in [4.78, 5) is 0. The Kier molecular flexibility index (Phi) is 7.88. The number of hydrogen-bond acceptors (Lipinski definition) is 1. The minimum absolute atomic E-state index is 0.410. The Morgan fingerprint density at radius 1 is 1.10 bits per heavy atom. The fourth-order valence-electron chi connectivity index (χ4n) is 2.62. The summed E-state index contributed by atoms with van der Waals surface area (Å²) in [5.74, 6) is 1.92. The monoisotopic (exact) mass is 308 g/mol. The van der Waals surface area contributed by atoms with Crippen LogP contribution in [0.15, 0.2) is 24.3 Å². The number of rotatable bonds is 8. The molecule has 1 unspecified atom stereocenters. The quantitative estimate of drug-likeness (QED) is 0.485. The van der Waals surface area contributed by atoms with E-state index in [-0.39, 0.29) is 0 Å². The molecule has 0 amide bonds. The number of allylic oxidation sites excluding steroid dienone is 2. The number of hydrogen-bond donors (Lipinski definition) is 0. The van der Waals surface area contributed by atoms with Crippen molar-refractivity contribution >= 4 is 11.6 Å². The molecule has 118 valence electrons. The van der Waals surface area contributed by atoms with Crippen molar-refractivity contribution in [2.75, 3.05) is 6.61 Å². The van der Waals surface area contributed by atoms with E-state index in [2.05, 4.69) is 52.0 Å². The molecule has 2 heteroatoms. The summed E-state index contributed by atoms with van der Waals surface area (Å²) in [7, 11) is 0. The molecule has 0 radical (unpaired) electrons. The van der Waals surface area contributed by atoms with Gasteiger partial charge in [-0.25, -0.2) is 0 Å². The Hall–Kier alpha value is -0.950. The average Bonchev–Trinajstić information content (AvgIpc) is 2.45. The summed E-state index contributed by atoms with van der Waals surface area (Å²) in [6.07, 6.45) is 7.73. The molecule has 0 spiro atoms. The smallest absolute Gasteiger partial charge is 0.126 e. The van der Waals surface area contributed by atoms with Crippen LogP contribution in [-0.2, 0) is 0 Å². The zero-order valence-corrected chi connectivity index (χ0v) is 14.8. The van der Waals surface area contributed by atoms with Gasteiger partial charge in [0.2, 0.25) is 0 Å². The molecule has 0 saturated heterocycles. The Balaban J connectivity index is 3.26. The minimum atomic E-state index is 0.410. The Morgan fingerprint density at radius 2 is 1.76 bits per heavy atom. The molecule has 0 bridgehead atoms. The average molecular weight is 309 g/mol. The highest BCUT2D eigenvalue weighted by atomic mass is 35.5. The maximum absolute atomic E-state index is 6.36. The highest BCUT2D eigenvalue weighted by Gasteiger charge is 2.19. The van der Waals surface area contributed by atoms with Crippen molar-refractivity contribution < 1.29 is 4.74 Å². The lowest BCUT2D eigenvalue weighted by Crippen LogP contribution is -2.06. The molecule has 0 aliphatic rings. The fourth-order valence-corrected chi connectivity index (χ4v) is 2.86. The first-order valence-electron chi connectivity index (χ1n) is 8.16. The van der Waals surface area contributed by atoms with Crippen molar-refractivity contribution in [1.29, 1.82) is 0 Å². The van der Waals surface area contributed by atoms with E-state index < -0.39 is 0 Å². The maximum atomic E-state index is 6.36. The first kappa shape index (κ1) is 18.1. The molecule has 21 heavy (non-hydrogen) atoms. The Morgan fingerprint density at radius 3 is 2.29 bits per heavy atom. The Bertz CT molecular complexity index is 463. The molecule has 1 nitrogen and oxygen atoms in total. The third kappa shape index (κ3) is 5.07. The van der Waals surface area contributed by atoms with Gasteiger partial charge in [-0.05, 0) is 61.3 Å². The van der Waals surface area contributed by atoms with E-state index in [0.717, 1.165) is 30.0 Å². The van der Waals surface area contributed by atoms with Crippen molar-refractivity contribution in [3.63, 3.8) is 0 Å². The topological polar surface area (TPSA) is 9.23 Å². The summed E-state index contributed by atoms with van der Waals surface area (Å²) >= 11 is 6.36. The van der Waals surface area contributed by atoms with Crippen LogP contribution < -0.4 is 4.74 Å². The van der Waals surface area contributed by atoms with Gasteiger partial charge in [-0.2, -0.15) is 0 Å². The fraction of sp³-hybridized carbons (Fsp3) is 0.579. The second-order valence-electron chi connectivity index (χ2n) is 5.72. The summed E-state index contributed by atoms with van der Waals surface area (Å²) < 4.78 is 5.99. The molecule has 0 aliphatic heterocycles. The highest BCUT2D eigenvalue weighted by molar-refractivity contribution is 6.30. The second-order valence-corrected chi connectivity index (χ2v) is 6.16. The van der Waals surface area contributed by atoms with E-state index in [0.29, 0.717) is 18.4 Å². The lowest BCUT2D eigenvalue weighted by Gasteiger charge is -2.22. The number of ether oxygens (including phenoxy) is 1. The molecule has 1 aromatic carbocycles. The van der Waals surface area contributed by atoms with E-state index in [4.69, 9.17) is 16.3 Å². The normalized spacial score (nSPS) is 13.1. The maximum Gasteiger partial charge on any atom is 0.126 e. The van der Waals surface area contributed by atoms with Crippen LogP contribution in [0.4, 0.5) is 0 Å². The lowest BCUT2D eigenvalue weighted by molar-refractivity contribution is 0.328. The first-order valence-corrected chi connectivity index (χ1v) is 8.53. The molecule has 0 aliphatic carbocycles. The summed E-state index contributed by atoms with van der Waals surface area (Å²) in [5.41, 5.74) is 2.48. The summed E-state index contributed by atoms with van der Waals surface area (Å²) in [5, 5.41) is 0.815. The van der Waals surface area contributed by atoms with Gasteiger partial charge < -0.3 is 4.74 Å². The molecule has 1 rings (SSSR count). The van der Waals surface area contributed by atoms with Gasteiger partial charge >= 0.3 is 0 Å². The number of benzene rings is 1. The molecule has 0 aromatic heterocycles. The van der Waals surface area contributed by atoms with E-state index in [9.17, 15) is 0 Å². The minimum Gasteiger partial charge on any atom is -0.493 e. The van der Waals surface area contributed by atoms with Gasteiger partial charge in [-0.1, -0.05) is 51.4 Å². The third-order valence-electron chi connectivity index (χ3n) is 3.78. The molecular formula is C19H29ClO. The molecule has 0 heterocycles. The highest BCUT2D eigenvalue weighted by Crippen LogP contribution is 2.39. The van der Waals surface area contributed by atoms with Gasteiger partial charge in [0.1, 0.15) is 5.75 Å². The van der Waals surface area contributed by atoms with Crippen LogP contribution in [0.25, 0.3) is 0 Å². The van der Waals surface area contributed by atoms with Crippen molar-refractivity contribution in [2.45, 2.75) is 65.7 Å². The molecule has 0 N–H and O–H groups in total. The summed E-state index contributed by atoms with van der Waals surface area (Å²) in [6.45, 7) is 11.5. The third-order valence-corrected chi connectivity index (χ3v) is 4.00. The van der Waals surface area contributed by atoms with E-state index in [1.807, 2.05) is 6.92 Å². The molecule has 0 saturated carbocycles. The SMILES string of the molecule is CC/C=C\CC(CC)c1cc(Cl)cc(C(C)C)c1OCC. The zero-order chi connectivity index (χ0) is 15.8. The van der Waals surface area contributed by atoms with Crippen LogP contribution in [0.3, 0.4) is 0 Å². The standard InChI is InChI=1S/C19H29ClO/c1-6-9-10-11-15(7-2)18-13-16(20)12-17(14(4)5)19(18)21-8-3/h9-10,12-15H,6-8,11H2,1-5H3/b10-9-. The lowest BCUT2D eigenvalue weighted by atomic mass is 9.88. The van der Waals surface area contributed by atoms with Gasteiger partial charge in [-0.3, -0.25) is 0 Å². The van der Waals surface area contributed by atoms with Crippen LogP contribution in [0.2, 0.25) is 5.02 Å². The second kappa shape index (κ2) is 9.15. The molecule has 0 fully saturated rings. The first-order chi connectivity index (χ1) is 10.0. The largest absolute Gasteiger partial charge is 0.493 e. The van der Waals surface area contributed by atoms with Gasteiger partial charge in [0.15, 0.2) is 0 Å². The van der Waals surface area contributed by atoms with Crippen LogP contribution in [0.5, 0.6) is 5.75 Å². The van der Waals surface area contributed by atoms with Crippen molar-refractivity contribution in [3.8, 4) is 5.75 Å². The van der Waals surface area contributed by atoms with Crippen molar-refractivity contribution in [3.05, 3.63) is 40.4 Å².